The van der Waals surface area contributed by atoms with Gasteiger partial charge < -0.3 is 15.2 Å². The number of halogens is 3. The highest BCUT2D eigenvalue weighted by atomic mass is 19.4. The molecule has 1 saturated heterocycles. The molecule has 1 aliphatic heterocycles. The largest absolute Gasteiger partial charge is 0.417 e. The van der Waals surface area contributed by atoms with E-state index in [0.29, 0.717) is 29.8 Å². The van der Waals surface area contributed by atoms with Crippen molar-refractivity contribution >= 4 is 11.8 Å². The van der Waals surface area contributed by atoms with E-state index in [1.165, 1.54) is 0 Å². The normalized spacial score (nSPS) is 18.9. The van der Waals surface area contributed by atoms with E-state index in [2.05, 4.69) is 10.6 Å². The Morgan fingerprint density at radius 1 is 1.30 bits per heavy atom. The van der Waals surface area contributed by atoms with Crippen LogP contribution in [0, 0.1) is 0 Å². The molecule has 0 aliphatic carbocycles. The monoisotopic (exact) mass is 331 g/mol. The summed E-state index contributed by atoms with van der Waals surface area (Å²) in [6.45, 7) is -0.0508. The number of hydrogen-bond donors (Lipinski definition) is 2. The standard InChI is InChI=1S/C14H16F3N3O3/c15-14(16,17)9-4-5-12(22)20(7-9)8-11(21)19-10-3-1-2-6-18-13(10)23/h4-5,7,10H,1-3,6,8H2,(H,18,23)(H,19,21)/t10-/m0/s1. The van der Waals surface area contributed by atoms with Crippen LogP contribution in [0.25, 0.3) is 0 Å². The SMILES string of the molecule is O=C(Cn1cc(C(F)(F)F)ccc1=O)N[C@H]1CCCCNC1=O. The van der Waals surface area contributed by atoms with Gasteiger partial charge in [-0.25, -0.2) is 0 Å². The molecule has 0 unspecified atom stereocenters. The maximum Gasteiger partial charge on any atom is 0.417 e. The number of alkyl halides is 3. The summed E-state index contributed by atoms with van der Waals surface area (Å²) in [6, 6.07) is 0.690. The first kappa shape index (κ1) is 17.0. The summed E-state index contributed by atoms with van der Waals surface area (Å²) < 4.78 is 38.6. The van der Waals surface area contributed by atoms with Gasteiger partial charge in [0.15, 0.2) is 0 Å². The van der Waals surface area contributed by atoms with Crippen molar-refractivity contribution in [2.75, 3.05) is 6.54 Å². The number of rotatable bonds is 3. The number of nitrogens with zero attached hydrogens (tertiary/aromatic N) is 1. The van der Waals surface area contributed by atoms with Crippen molar-refractivity contribution in [1.82, 2.24) is 15.2 Å². The van der Waals surface area contributed by atoms with Gasteiger partial charge in [-0.1, -0.05) is 0 Å². The average Bonchev–Trinajstić information content (AvgIpc) is 2.65. The van der Waals surface area contributed by atoms with Crippen LogP contribution in [0.4, 0.5) is 13.2 Å². The third-order valence-corrected chi connectivity index (χ3v) is 3.50. The van der Waals surface area contributed by atoms with Crippen LogP contribution in [0.3, 0.4) is 0 Å². The van der Waals surface area contributed by atoms with Crippen LogP contribution in [-0.4, -0.2) is 29.0 Å². The summed E-state index contributed by atoms with van der Waals surface area (Å²) in [5, 5.41) is 5.08. The zero-order chi connectivity index (χ0) is 17.0. The lowest BCUT2D eigenvalue weighted by Crippen LogP contribution is -2.47. The number of nitrogens with one attached hydrogen (secondary N) is 2. The Kier molecular flexibility index (Phi) is 5.07. The molecule has 23 heavy (non-hydrogen) atoms. The molecule has 2 rings (SSSR count). The molecule has 9 heteroatoms. The number of hydrogen-bond acceptors (Lipinski definition) is 3. The van der Waals surface area contributed by atoms with Gasteiger partial charge in [0.25, 0.3) is 5.56 Å². The summed E-state index contributed by atoms with van der Waals surface area (Å²) in [7, 11) is 0. The van der Waals surface area contributed by atoms with Crippen molar-refractivity contribution in [3.05, 3.63) is 34.2 Å². The molecule has 1 aromatic heterocycles. The highest BCUT2D eigenvalue weighted by Gasteiger charge is 2.31. The van der Waals surface area contributed by atoms with E-state index in [1.807, 2.05) is 0 Å². The van der Waals surface area contributed by atoms with Gasteiger partial charge in [0.1, 0.15) is 12.6 Å². The molecule has 0 radical (unpaired) electrons. The molecule has 0 aromatic carbocycles. The molecule has 0 bridgehead atoms. The molecular weight excluding hydrogens is 315 g/mol. The van der Waals surface area contributed by atoms with Gasteiger partial charge in [-0.05, 0) is 25.3 Å². The van der Waals surface area contributed by atoms with Gasteiger partial charge in [-0.2, -0.15) is 13.2 Å². The molecule has 0 spiro atoms. The summed E-state index contributed by atoms with van der Waals surface area (Å²) in [4.78, 5) is 35.2. The predicted octanol–water partition coefficient (Wildman–Crippen LogP) is 0.652. The van der Waals surface area contributed by atoms with Crippen LogP contribution in [-0.2, 0) is 22.3 Å². The van der Waals surface area contributed by atoms with Crippen molar-refractivity contribution in [1.29, 1.82) is 0 Å². The number of amides is 2. The Morgan fingerprint density at radius 3 is 2.74 bits per heavy atom. The Bertz CT molecular complexity index is 655. The number of pyridine rings is 1. The Hall–Kier alpha value is -2.32. The van der Waals surface area contributed by atoms with E-state index in [4.69, 9.17) is 0 Å². The van der Waals surface area contributed by atoms with E-state index in [1.54, 1.807) is 0 Å². The van der Waals surface area contributed by atoms with Crippen LogP contribution in [0.2, 0.25) is 0 Å². The Balaban J connectivity index is 2.08. The fraction of sp³-hybridized carbons (Fsp3) is 0.500. The zero-order valence-corrected chi connectivity index (χ0v) is 12.2. The zero-order valence-electron chi connectivity index (χ0n) is 12.2. The van der Waals surface area contributed by atoms with Crippen molar-refractivity contribution in [2.24, 2.45) is 0 Å². The van der Waals surface area contributed by atoms with Gasteiger partial charge in [-0.3, -0.25) is 14.4 Å². The van der Waals surface area contributed by atoms with Crippen LogP contribution in [0.15, 0.2) is 23.1 Å². The lowest BCUT2D eigenvalue weighted by atomic mass is 10.1. The lowest BCUT2D eigenvalue weighted by molar-refractivity contribution is -0.138. The third-order valence-electron chi connectivity index (χ3n) is 3.50. The smallest absolute Gasteiger partial charge is 0.354 e. The Morgan fingerprint density at radius 2 is 2.04 bits per heavy atom. The molecule has 1 aromatic rings. The maximum atomic E-state index is 12.6. The van der Waals surface area contributed by atoms with Gasteiger partial charge >= 0.3 is 6.18 Å². The predicted molar refractivity (Wildman–Crippen MR) is 74.5 cm³/mol. The van der Waals surface area contributed by atoms with Crippen LogP contribution >= 0.6 is 0 Å². The minimum Gasteiger partial charge on any atom is -0.354 e. The molecule has 1 fully saturated rings. The molecule has 2 heterocycles. The summed E-state index contributed by atoms with van der Waals surface area (Å²) in [5.41, 5.74) is -1.74. The second-order valence-electron chi connectivity index (χ2n) is 5.29. The second-order valence-corrected chi connectivity index (χ2v) is 5.29. The second kappa shape index (κ2) is 6.84. The molecule has 0 saturated carbocycles. The molecule has 2 N–H and O–H groups in total. The van der Waals surface area contributed by atoms with Crippen LogP contribution in [0.5, 0.6) is 0 Å². The van der Waals surface area contributed by atoms with E-state index in [9.17, 15) is 27.6 Å². The number of aromatic nitrogens is 1. The van der Waals surface area contributed by atoms with Gasteiger partial charge in [0.2, 0.25) is 11.8 Å². The van der Waals surface area contributed by atoms with Gasteiger partial charge in [0, 0.05) is 18.8 Å². The van der Waals surface area contributed by atoms with E-state index >= 15 is 0 Å². The van der Waals surface area contributed by atoms with E-state index < -0.39 is 35.8 Å². The highest BCUT2D eigenvalue weighted by molar-refractivity contribution is 5.87. The van der Waals surface area contributed by atoms with E-state index in [-0.39, 0.29) is 5.91 Å². The molecule has 1 atom stereocenters. The van der Waals surface area contributed by atoms with Gasteiger partial charge in [0.05, 0.1) is 5.56 Å². The molecular formula is C14H16F3N3O3. The van der Waals surface area contributed by atoms with Crippen molar-refractivity contribution < 1.29 is 22.8 Å². The molecule has 2 amide bonds. The molecule has 1 aliphatic rings. The fourth-order valence-corrected chi connectivity index (χ4v) is 2.29. The molecule has 6 nitrogen and oxygen atoms in total. The topological polar surface area (TPSA) is 80.2 Å². The fourth-order valence-electron chi connectivity index (χ4n) is 2.29. The van der Waals surface area contributed by atoms with Crippen LogP contribution < -0.4 is 16.2 Å². The maximum absolute atomic E-state index is 12.6. The molecule has 126 valence electrons. The number of carbonyl (C=O) groups excluding carboxylic acids is 2. The highest BCUT2D eigenvalue weighted by Crippen LogP contribution is 2.27. The lowest BCUT2D eigenvalue weighted by Gasteiger charge is -2.16. The minimum absolute atomic E-state index is 0.327. The first-order valence-electron chi connectivity index (χ1n) is 7.12. The quantitative estimate of drug-likeness (QED) is 0.853. The van der Waals surface area contributed by atoms with Crippen LogP contribution in [0.1, 0.15) is 24.8 Å². The van der Waals surface area contributed by atoms with Crippen molar-refractivity contribution in [3.63, 3.8) is 0 Å². The van der Waals surface area contributed by atoms with Crippen molar-refractivity contribution in [2.45, 2.75) is 38.0 Å². The summed E-state index contributed by atoms with van der Waals surface area (Å²) in [5.74, 6) is -1.01. The summed E-state index contributed by atoms with van der Waals surface area (Å²) >= 11 is 0. The number of carbonyl (C=O) groups is 2. The first-order chi connectivity index (χ1) is 10.8. The van der Waals surface area contributed by atoms with Crippen molar-refractivity contribution in [3.8, 4) is 0 Å². The third kappa shape index (κ3) is 4.57. The van der Waals surface area contributed by atoms with Gasteiger partial charge in [-0.15, -0.1) is 0 Å². The average molecular weight is 331 g/mol. The van der Waals surface area contributed by atoms with E-state index in [0.717, 1.165) is 18.9 Å². The first-order valence-corrected chi connectivity index (χ1v) is 7.12. The Labute approximate surface area is 129 Å². The summed E-state index contributed by atoms with van der Waals surface area (Å²) in [6.07, 6.45) is -2.02. The minimum atomic E-state index is -4.60.